The molecule has 0 radical (unpaired) electrons. The van der Waals surface area contributed by atoms with Crippen LogP contribution in [0.5, 0.6) is 0 Å². The van der Waals surface area contributed by atoms with Crippen molar-refractivity contribution in [2.45, 2.75) is 12.8 Å². The maximum absolute atomic E-state index is 12.8. The predicted molar refractivity (Wildman–Crippen MR) is 105 cm³/mol. The van der Waals surface area contributed by atoms with Crippen molar-refractivity contribution in [2.75, 3.05) is 5.32 Å². The summed E-state index contributed by atoms with van der Waals surface area (Å²) in [6, 6.07) is 15.9. The Labute approximate surface area is 153 Å². The van der Waals surface area contributed by atoms with Gasteiger partial charge in [0.15, 0.2) is 0 Å². The number of nitrogens with one attached hydrogen (secondary N) is 3. The first-order valence-electron chi connectivity index (χ1n) is 8.69. The van der Waals surface area contributed by atoms with Crippen molar-refractivity contribution in [3.63, 3.8) is 0 Å². The van der Waals surface area contributed by atoms with Crippen LogP contribution in [0.25, 0.3) is 10.9 Å². The van der Waals surface area contributed by atoms with E-state index in [-0.39, 0.29) is 5.92 Å². The molecular weight excluding hydrogens is 340 g/mol. The highest BCUT2D eigenvalue weighted by molar-refractivity contribution is 5.92. The van der Waals surface area contributed by atoms with Crippen molar-refractivity contribution >= 4 is 22.4 Å². The Morgan fingerprint density at radius 2 is 1.74 bits per heavy atom. The minimum absolute atomic E-state index is 0.314. The number of nitrogens with zero attached hydrogens (tertiary/aromatic N) is 1. The molecule has 1 aliphatic rings. The number of hydrogen-bond donors (Lipinski definition) is 3. The maximum Gasteiger partial charge on any atom is 0.327 e. The van der Waals surface area contributed by atoms with Gasteiger partial charge in [0.1, 0.15) is 5.82 Å². The number of aromatic amines is 2. The molecule has 6 nitrogen and oxygen atoms in total. The lowest BCUT2D eigenvalue weighted by molar-refractivity contribution is 0.892. The second-order valence-electron chi connectivity index (χ2n) is 6.76. The number of H-pyrrole nitrogens is 2. The zero-order chi connectivity index (χ0) is 18.5. The molecule has 132 valence electrons. The monoisotopic (exact) mass is 356 g/mol. The lowest BCUT2D eigenvalue weighted by atomic mass is 9.80. The van der Waals surface area contributed by atoms with Gasteiger partial charge in [-0.3, -0.25) is 19.7 Å². The number of benzene rings is 2. The van der Waals surface area contributed by atoms with E-state index in [1.54, 1.807) is 6.20 Å². The third kappa shape index (κ3) is 2.38. The number of hydrogen-bond acceptors (Lipinski definition) is 4. The topological polar surface area (TPSA) is 90.6 Å². The number of aryl methyl sites for hydroxylation is 1. The SMILES string of the molecule is Cc1ccc(C2c3c([nH]c(=O)[nH]c3=O)Nc3ccc4ncccc4c32)cc1. The van der Waals surface area contributed by atoms with Gasteiger partial charge in [-0.05, 0) is 36.2 Å². The van der Waals surface area contributed by atoms with Gasteiger partial charge in [-0.1, -0.05) is 35.9 Å². The summed E-state index contributed by atoms with van der Waals surface area (Å²) >= 11 is 0. The Morgan fingerprint density at radius 1 is 0.926 bits per heavy atom. The largest absolute Gasteiger partial charge is 0.341 e. The predicted octanol–water partition coefficient (Wildman–Crippen LogP) is 3.16. The molecule has 4 aromatic rings. The Morgan fingerprint density at radius 3 is 2.56 bits per heavy atom. The summed E-state index contributed by atoms with van der Waals surface area (Å²) in [5, 5.41) is 4.20. The molecule has 1 aliphatic heterocycles. The second kappa shape index (κ2) is 5.67. The molecule has 0 aliphatic carbocycles. The van der Waals surface area contributed by atoms with E-state index >= 15 is 0 Å². The zero-order valence-corrected chi connectivity index (χ0v) is 14.5. The molecular formula is C21H16N4O2. The van der Waals surface area contributed by atoms with E-state index in [0.29, 0.717) is 11.4 Å². The minimum Gasteiger partial charge on any atom is -0.341 e. The van der Waals surface area contributed by atoms with E-state index in [2.05, 4.69) is 20.3 Å². The maximum atomic E-state index is 12.8. The van der Waals surface area contributed by atoms with E-state index < -0.39 is 11.2 Å². The molecule has 3 N–H and O–H groups in total. The fourth-order valence-electron chi connectivity index (χ4n) is 3.84. The fourth-order valence-corrected chi connectivity index (χ4v) is 3.84. The van der Waals surface area contributed by atoms with Crippen molar-refractivity contribution in [1.82, 2.24) is 15.0 Å². The summed E-state index contributed by atoms with van der Waals surface area (Å²) < 4.78 is 0. The number of rotatable bonds is 1. The van der Waals surface area contributed by atoms with Gasteiger partial charge < -0.3 is 5.32 Å². The molecule has 2 aromatic heterocycles. The van der Waals surface area contributed by atoms with E-state index in [4.69, 9.17) is 0 Å². The van der Waals surface area contributed by atoms with Crippen LogP contribution in [-0.4, -0.2) is 15.0 Å². The second-order valence-corrected chi connectivity index (χ2v) is 6.76. The lowest BCUT2D eigenvalue weighted by Gasteiger charge is -2.29. The van der Waals surface area contributed by atoms with Crippen LogP contribution in [0, 0.1) is 6.92 Å². The number of anilines is 2. The third-order valence-electron chi connectivity index (χ3n) is 5.05. The highest BCUT2D eigenvalue weighted by Crippen LogP contribution is 2.45. The van der Waals surface area contributed by atoms with Crippen LogP contribution in [0.4, 0.5) is 11.5 Å². The number of aromatic nitrogens is 3. The van der Waals surface area contributed by atoms with Crippen molar-refractivity contribution in [3.05, 3.63) is 97.8 Å². The Balaban J connectivity index is 1.90. The molecule has 3 heterocycles. The highest BCUT2D eigenvalue weighted by Gasteiger charge is 2.32. The van der Waals surface area contributed by atoms with Crippen LogP contribution in [-0.2, 0) is 0 Å². The highest BCUT2D eigenvalue weighted by atomic mass is 16.2. The molecule has 5 rings (SSSR count). The van der Waals surface area contributed by atoms with Gasteiger partial charge in [0.05, 0.1) is 11.1 Å². The fraction of sp³-hybridized carbons (Fsp3) is 0.0952. The average molecular weight is 356 g/mol. The van der Waals surface area contributed by atoms with Crippen molar-refractivity contribution in [3.8, 4) is 0 Å². The summed E-state index contributed by atoms with van der Waals surface area (Å²) in [5.41, 5.74) is 4.41. The van der Waals surface area contributed by atoms with E-state index in [0.717, 1.165) is 33.3 Å². The van der Waals surface area contributed by atoms with Crippen LogP contribution in [0.2, 0.25) is 0 Å². The van der Waals surface area contributed by atoms with Crippen molar-refractivity contribution in [2.24, 2.45) is 0 Å². The minimum atomic E-state index is -0.528. The molecule has 0 fully saturated rings. The molecule has 6 heteroatoms. The van der Waals surface area contributed by atoms with Crippen LogP contribution < -0.4 is 16.6 Å². The van der Waals surface area contributed by atoms with Crippen molar-refractivity contribution in [1.29, 1.82) is 0 Å². The summed E-state index contributed by atoms with van der Waals surface area (Å²) in [6.45, 7) is 2.03. The number of pyridine rings is 1. The first-order chi connectivity index (χ1) is 13.1. The van der Waals surface area contributed by atoms with E-state index in [9.17, 15) is 9.59 Å². The summed E-state index contributed by atoms with van der Waals surface area (Å²) in [7, 11) is 0. The van der Waals surface area contributed by atoms with Crippen molar-refractivity contribution < 1.29 is 0 Å². The molecule has 0 amide bonds. The van der Waals surface area contributed by atoms with Crippen LogP contribution >= 0.6 is 0 Å². The quantitative estimate of drug-likeness (QED) is 0.430. The zero-order valence-electron chi connectivity index (χ0n) is 14.5. The first kappa shape index (κ1) is 15.6. The summed E-state index contributed by atoms with van der Waals surface area (Å²) in [6.07, 6.45) is 1.75. The standard InChI is InChI=1S/C21H16N4O2/c1-11-4-6-12(7-5-11)16-17-13-3-2-10-22-14(13)8-9-15(17)23-19-18(16)20(26)25-21(27)24-19/h2-10,16H,1H3,(H3,23,24,25,26,27). The average Bonchev–Trinajstić information content (AvgIpc) is 2.66. The third-order valence-corrected chi connectivity index (χ3v) is 5.05. The number of fused-ring (bicyclic) bond motifs is 4. The summed E-state index contributed by atoms with van der Waals surface area (Å²) in [4.78, 5) is 34.1. The normalized spacial score (nSPS) is 15.1. The molecule has 1 atom stereocenters. The Kier molecular flexibility index (Phi) is 3.27. The van der Waals surface area contributed by atoms with Gasteiger partial charge >= 0.3 is 5.69 Å². The van der Waals surface area contributed by atoms with E-state index in [1.807, 2.05) is 55.5 Å². The van der Waals surface area contributed by atoms with Gasteiger partial charge in [0, 0.05) is 23.2 Å². The van der Waals surface area contributed by atoms with Crippen LogP contribution in [0.1, 0.15) is 28.2 Å². The molecule has 0 saturated carbocycles. The molecule has 1 unspecified atom stereocenters. The summed E-state index contributed by atoms with van der Waals surface area (Å²) in [5.74, 6) is 0.121. The molecule has 27 heavy (non-hydrogen) atoms. The van der Waals surface area contributed by atoms with Crippen LogP contribution in [0.3, 0.4) is 0 Å². The first-order valence-corrected chi connectivity index (χ1v) is 8.69. The van der Waals surface area contributed by atoms with Gasteiger partial charge in [-0.15, -0.1) is 0 Å². The molecule has 0 saturated heterocycles. The molecule has 0 bridgehead atoms. The van der Waals surface area contributed by atoms with E-state index in [1.165, 1.54) is 0 Å². The van der Waals surface area contributed by atoms with Gasteiger partial charge in [-0.2, -0.15) is 0 Å². The lowest BCUT2D eigenvalue weighted by Crippen LogP contribution is -2.32. The molecule has 2 aromatic carbocycles. The van der Waals surface area contributed by atoms with Gasteiger partial charge in [0.25, 0.3) is 5.56 Å². The Hall–Kier alpha value is -3.67. The smallest absolute Gasteiger partial charge is 0.327 e. The van der Waals surface area contributed by atoms with Gasteiger partial charge in [-0.25, -0.2) is 4.79 Å². The molecule has 0 spiro atoms. The van der Waals surface area contributed by atoms with Crippen LogP contribution in [0.15, 0.2) is 64.3 Å². The van der Waals surface area contributed by atoms with Gasteiger partial charge in [0.2, 0.25) is 0 Å². The Bertz CT molecular complexity index is 1300.